The molecule has 0 unspecified atom stereocenters. The maximum atomic E-state index is 11.5. The Morgan fingerprint density at radius 2 is 2.12 bits per heavy atom. The van der Waals surface area contributed by atoms with Crippen LogP contribution < -0.4 is 10.6 Å². The van der Waals surface area contributed by atoms with Gasteiger partial charge in [-0.1, -0.05) is 30.3 Å². The first-order valence-corrected chi connectivity index (χ1v) is 5.37. The van der Waals surface area contributed by atoms with E-state index in [-0.39, 0.29) is 17.9 Å². The van der Waals surface area contributed by atoms with Gasteiger partial charge >= 0.3 is 0 Å². The van der Waals surface area contributed by atoms with Crippen LogP contribution in [0.1, 0.15) is 12.0 Å². The van der Waals surface area contributed by atoms with Crippen LogP contribution in [0.25, 0.3) is 0 Å². The highest BCUT2D eigenvalue weighted by atomic mass is 16.2. The first-order valence-electron chi connectivity index (χ1n) is 5.37. The third-order valence-corrected chi connectivity index (χ3v) is 2.62. The van der Waals surface area contributed by atoms with Crippen LogP contribution in [0.3, 0.4) is 0 Å². The molecule has 1 aliphatic rings. The summed E-state index contributed by atoms with van der Waals surface area (Å²) in [6.45, 7) is 0.551. The topological polar surface area (TPSA) is 58.2 Å². The van der Waals surface area contributed by atoms with Crippen molar-refractivity contribution in [3.8, 4) is 0 Å². The summed E-state index contributed by atoms with van der Waals surface area (Å²) in [5, 5.41) is 5.27. The number of nitrogens with one attached hydrogen (secondary N) is 2. The zero-order chi connectivity index (χ0) is 11.4. The molecule has 1 heterocycles. The van der Waals surface area contributed by atoms with Gasteiger partial charge in [-0.15, -0.1) is 0 Å². The first kappa shape index (κ1) is 10.7. The lowest BCUT2D eigenvalue weighted by Gasteiger charge is -2.26. The number of rotatable bonds is 4. The van der Waals surface area contributed by atoms with Gasteiger partial charge in [0.2, 0.25) is 11.8 Å². The molecule has 0 radical (unpaired) electrons. The average molecular weight is 218 g/mol. The predicted octanol–water partition coefficient (Wildman–Crippen LogP) is 0.234. The minimum atomic E-state index is -0.316. The summed E-state index contributed by atoms with van der Waals surface area (Å²) in [4.78, 5) is 22.4. The molecule has 0 bridgehead atoms. The number of hydrogen-bond donors (Lipinski definition) is 2. The summed E-state index contributed by atoms with van der Waals surface area (Å²) in [7, 11) is 0. The summed E-state index contributed by atoms with van der Waals surface area (Å²) < 4.78 is 0. The summed E-state index contributed by atoms with van der Waals surface area (Å²) in [6, 6.07) is 9.51. The molecule has 1 saturated heterocycles. The van der Waals surface area contributed by atoms with Crippen LogP contribution >= 0.6 is 0 Å². The van der Waals surface area contributed by atoms with Gasteiger partial charge in [0, 0.05) is 13.0 Å². The highest BCUT2D eigenvalue weighted by Gasteiger charge is 2.28. The van der Waals surface area contributed by atoms with Crippen LogP contribution in [0, 0.1) is 0 Å². The smallest absolute Gasteiger partial charge is 0.244 e. The Kier molecular flexibility index (Phi) is 3.19. The van der Waals surface area contributed by atoms with Gasteiger partial charge in [-0.05, 0) is 12.0 Å². The second-order valence-corrected chi connectivity index (χ2v) is 3.85. The number of aryl methyl sites for hydroxylation is 1. The Bertz CT molecular complexity index is 389. The quantitative estimate of drug-likeness (QED) is 0.711. The fraction of sp³-hybridized carbons (Fsp3) is 0.333. The van der Waals surface area contributed by atoms with Crippen molar-refractivity contribution >= 4 is 11.8 Å². The largest absolute Gasteiger partial charge is 0.352 e. The van der Waals surface area contributed by atoms with Crippen molar-refractivity contribution < 1.29 is 9.59 Å². The standard InChI is InChI=1S/C12H14N2O2/c15-11(14-10-8-13-12(10)16)7-6-9-4-2-1-3-5-9/h1-5,10H,6-8H2,(H,13,16)(H,14,15)/t10-/m0/s1. The van der Waals surface area contributed by atoms with E-state index in [1.54, 1.807) is 0 Å². The molecular weight excluding hydrogens is 204 g/mol. The van der Waals surface area contributed by atoms with Crippen LogP contribution in [0.2, 0.25) is 0 Å². The van der Waals surface area contributed by atoms with Gasteiger partial charge in [-0.3, -0.25) is 9.59 Å². The maximum absolute atomic E-state index is 11.5. The molecule has 0 aromatic heterocycles. The Morgan fingerprint density at radius 3 is 2.69 bits per heavy atom. The molecule has 16 heavy (non-hydrogen) atoms. The molecule has 2 rings (SSSR count). The molecule has 1 fully saturated rings. The molecule has 0 spiro atoms. The van der Waals surface area contributed by atoms with Crippen LogP contribution in [-0.2, 0) is 16.0 Å². The lowest BCUT2D eigenvalue weighted by molar-refractivity contribution is -0.133. The van der Waals surface area contributed by atoms with E-state index in [1.807, 2.05) is 30.3 Å². The molecule has 1 aromatic carbocycles. The van der Waals surface area contributed by atoms with E-state index in [9.17, 15) is 9.59 Å². The third kappa shape index (κ3) is 2.59. The fourth-order valence-corrected chi connectivity index (χ4v) is 1.57. The predicted molar refractivity (Wildman–Crippen MR) is 59.7 cm³/mol. The lowest BCUT2D eigenvalue weighted by atomic mass is 10.1. The summed E-state index contributed by atoms with van der Waals surface area (Å²) in [5.41, 5.74) is 1.13. The van der Waals surface area contributed by atoms with Crippen molar-refractivity contribution in [2.75, 3.05) is 6.54 Å². The third-order valence-electron chi connectivity index (χ3n) is 2.62. The maximum Gasteiger partial charge on any atom is 0.244 e. The van der Waals surface area contributed by atoms with E-state index < -0.39 is 0 Å². The van der Waals surface area contributed by atoms with Crippen molar-refractivity contribution in [2.45, 2.75) is 18.9 Å². The van der Waals surface area contributed by atoms with Gasteiger partial charge in [-0.25, -0.2) is 0 Å². The number of hydrogen-bond acceptors (Lipinski definition) is 2. The molecule has 84 valence electrons. The number of amides is 2. The zero-order valence-corrected chi connectivity index (χ0v) is 8.90. The Morgan fingerprint density at radius 1 is 1.38 bits per heavy atom. The SMILES string of the molecule is O=C(CCc1ccccc1)N[C@H]1CNC1=O. The highest BCUT2D eigenvalue weighted by molar-refractivity contribution is 5.92. The minimum Gasteiger partial charge on any atom is -0.352 e. The molecule has 0 saturated carbocycles. The van der Waals surface area contributed by atoms with Gasteiger partial charge in [0.1, 0.15) is 6.04 Å². The van der Waals surface area contributed by atoms with E-state index in [0.29, 0.717) is 19.4 Å². The van der Waals surface area contributed by atoms with Crippen LogP contribution in [0.4, 0.5) is 0 Å². The molecule has 4 heteroatoms. The number of carbonyl (C=O) groups excluding carboxylic acids is 2. The molecular formula is C12H14N2O2. The molecule has 2 amide bonds. The normalized spacial score (nSPS) is 18.5. The van der Waals surface area contributed by atoms with E-state index in [4.69, 9.17) is 0 Å². The second kappa shape index (κ2) is 4.79. The van der Waals surface area contributed by atoms with E-state index in [0.717, 1.165) is 5.56 Å². The minimum absolute atomic E-state index is 0.0660. The summed E-state index contributed by atoms with van der Waals surface area (Å²) in [5.74, 6) is -0.156. The monoisotopic (exact) mass is 218 g/mol. The lowest BCUT2D eigenvalue weighted by Crippen LogP contribution is -2.61. The number of carbonyl (C=O) groups is 2. The van der Waals surface area contributed by atoms with Crippen molar-refractivity contribution in [3.63, 3.8) is 0 Å². The molecule has 4 nitrogen and oxygen atoms in total. The molecule has 2 N–H and O–H groups in total. The van der Waals surface area contributed by atoms with Crippen molar-refractivity contribution in [3.05, 3.63) is 35.9 Å². The molecule has 1 aromatic rings. The van der Waals surface area contributed by atoms with Crippen LogP contribution in [0.15, 0.2) is 30.3 Å². The average Bonchev–Trinajstić information content (AvgIpc) is 2.33. The van der Waals surface area contributed by atoms with Crippen molar-refractivity contribution in [1.82, 2.24) is 10.6 Å². The number of β-lactam (4-membered cyclic amide) rings is 1. The van der Waals surface area contributed by atoms with Gasteiger partial charge in [0.25, 0.3) is 0 Å². The Hall–Kier alpha value is -1.84. The van der Waals surface area contributed by atoms with Crippen LogP contribution in [0.5, 0.6) is 0 Å². The summed E-state index contributed by atoms with van der Waals surface area (Å²) >= 11 is 0. The Balaban J connectivity index is 1.74. The molecule has 0 aliphatic carbocycles. The van der Waals surface area contributed by atoms with Crippen LogP contribution in [-0.4, -0.2) is 24.4 Å². The van der Waals surface area contributed by atoms with Crippen molar-refractivity contribution in [2.24, 2.45) is 0 Å². The van der Waals surface area contributed by atoms with E-state index in [1.165, 1.54) is 0 Å². The van der Waals surface area contributed by atoms with Gasteiger partial charge in [0.05, 0.1) is 0 Å². The van der Waals surface area contributed by atoms with E-state index >= 15 is 0 Å². The fourth-order valence-electron chi connectivity index (χ4n) is 1.57. The second-order valence-electron chi connectivity index (χ2n) is 3.85. The van der Waals surface area contributed by atoms with Gasteiger partial charge in [0.15, 0.2) is 0 Å². The van der Waals surface area contributed by atoms with E-state index in [2.05, 4.69) is 10.6 Å². The van der Waals surface area contributed by atoms with Crippen molar-refractivity contribution in [1.29, 1.82) is 0 Å². The summed E-state index contributed by atoms with van der Waals surface area (Å²) in [6.07, 6.45) is 1.13. The van der Waals surface area contributed by atoms with Gasteiger partial charge in [-0.2, -0.15) is 0 Å². The number of benzene rings is 1. The zero-order valence-electron chi connectivity index (χ0n) is 8.90. The van der Waals surface area contributed by atoms with Gasteiger partial charge < -0.3 is 10.6 Å². The first-order chi connectivity index (χ1) is 7.75. The Labute approximate surface area is 94.0 Å². The molecule has 1 atom stereocenters. The molecule has 1 aliphatic heterocycles. The highest BCUT2D eigenvalue weighted by Crippen LogP contribution is 2.03.